The van der Waals surface area contributed by atoms with E-state index in [1.165, 1.54) is 116 Å². The first-order valence-corrected chi connectivity index (χ1v) is 24.9. The molecular weight excluding hydrogens is 775 g/mol. The van der Waals surface area contributed by atoms with Gasteiger partial charge in [-0.1, -0.05) is 172 Å². The summed E-state index contributed by atoms with van der Waals surface area (Å²) < 4.78 is 11.1. The highest BCUT2D eigenvalue weighted by Crippen LogP contribution is 2.23. The van der Waals surface area contributed by atoms with Crippen LogP contribution in [-0.4, -0.2) is 110 Å². The number of unbranched alkanes of at least 4 members (excludes halogenated alkanes) is 23. The fraction of sp³-hybridized carbons (Fsp3) is 0.860. The molecular formula is C50H93NO10. The van der Waals surface area contributed by atoms with Crippen LogP contribution in [0.2, 0.25) is 0 Å². The first kappa shape index (κ1) is 57.3. The molecule has 1 rings (SSSR count). The predicted octanol–water partition coefficient (Wildman–Crippen LogP) is 8.78. The molecule has 1 heterocycles. The molecule has 1 fully saturated rings. The van der Waals surface area contributed by atoms with E-state index in [1.807, 2.05) is 0 Å². The first-order chi connectivity index (χ1) is 29.7. The van der Waals surface area contributed by atoms with Crippen LogP contribution in [-0.2, 0) is 14.3 Å². The zero-order valence-electron chi connectivity index (χ0n) is 38.6. The van der Waals surface area contributed by atoms with E-state index >= 15 is 0 Å². The molecule has 358 valence electrons. The molecule has 1 aliphatic rings. The number of nitrogens with one attached hydrogen (secondary N) is 1. The molecule has 1 aliphatic heterocycles. The maximum absolute atomic E-state index is 13.1. The summed E-state index contributed by atoms with van der Waals surface area (Å²) in [5.41, 5.74) is 0. The normalized spacial score (nSPS) is 21.8. The molecule has 9 atom stereocenters. The van der Waals surface area contributed by atoms with Gasteiger partial charge in [-0.25, -0.2) is 0 Å². The van der Waals surface area contributed by atoms with Crippen LogP contribution in [0.3, 0.4) is 0 Å². The summed E-state index contributed by atoms with van der Waals surface area (Å²) in [7, 11) is 0. The summed E-state index contributed by atoms with van der Waals surface area (Å²) >= 11 is 0. The molecule has 61 heavy (non-hydrogen) atoms. The van der Waals surface area contributed by atoms with E-state index in [4.69, 9.17) is 9.47 Å². The molecule has 0 aromatic heterocycles. The van der Waals surface area contributed by atoms with Crippen molar-refractivity contribution in [2.45, 2.75) is 262 Å². The third kappa shape index (κ3) is 29.4. The monoisotopic (exact) mass is 868 g/mol. The van der Waals surface area contributed by atoms with E-state index in [1.54, 1.807) is 0 Å². The molecule has 0 bridgehead atoms. The van der Waals surface area contributed by atoms with E-state index in [2.05, 4.69) is 55.6 Å². The first-order valence-electron chi connectivity index (χ1n) is 24.9. The summed E-state index contributed by atoms with van der Waals surface area (Å²) in [4.78, 5) is 13.1. The van der Waals surface area contributed by atoms with Gasteiger partial charge in [-0.2, -0.15) is 0 Å². The lowest BCUT2D eigenvalue weighted by Gasteiger charge is -2.40. The lowest BCUT2D eigenvalue weighted by molar-refractivity contribution is -0.303. The number of aliphatic hydroxyl groups excluding tert-OH is 7. The van der Waals surface area contributed by atoms with E-state index in [0.29, 0.717) is 12.8 Å². The molecule has 11 nitrogen and oxygen atoms in total. The summed E-state index contributed by atoms with van der Waals surface area (Å²) in [6.07, 6.45) is 35.0. The number of hydrogen-bond donors (Lipinski definition) is 8. The van der Waals surface area contributed by atoms with Gasteiger partial charge in [0.15, 0.2) is 6.29 Å². The second-order valence-corrected chi connectivity index (χ2v) is 17.5. The van der Waals surface area contributed by atoms with Gasteiger partial charge in [-0.05, 0) is 70.6 Å². The standard InChI is InChI=1S/C50H93NO10/c1-3-5-7-9-11-13-15-16-17-18-19-20-21-22-23-24-25-26-27-28-30-32-34-36-38-43(54)49(59)51-41(40-60-50-48(58)47(57)46(56)44(39-52)61-50)45(55)42(53)37-35-33-31-29-14-12-10-8-6-4-2/h19-20,22-23,29,31,41-48,50,52-58H,3-18,21,24-28,30,32-40H2,1-2H3,(H,51,59)/b20-19-,23-22-,31-29+. The number of hydrogen-bond acceptors (Lipinski definition) is 10. The van der Waals surface area contributed by atoms with Gasteiger partial charge in [-0.3, -0.25) is 4.79 Å². The van der Waals surface area contributed by atoms with Crippen LogP contribution in [0.15, 0.2) is 36.5 Å². The van der Waals surface area contributed by atoms with Crippen molar-refractivity contribution in [1.82, 2.24) is 5.32 Å². The number of rotatable bonds is 41. The van der Waals surface area contributed by atoms with E-state index in [9.17, 15) is 40.5 Å². The van der Waals surface area contributed by atoms with Gasteiger partial charge in [0.05, 0.1) is 25.4 Å². The Kier molecular flexibility index (Phi) is 37.5. The van der Waals surface area contributed by atoms with Crippen molar-refractivity contribution in [1.29, 1.82) is 0 Å². The van der Waals surface area contributed by atoms with E-state index in [0.717, 1.165) is 51.4 Å². The molecule has 8 N–H and O–H groups in total. The minimum atomic E-state index is -1.67. The largest absolute Gasteiger partial charge is 0.394 e. The highest BCUT2D eigenvalue weighted by molar-refractivity contribution is 5.80. The van der Waals surface area contributed by atoms with Crippen molar-refractivity contribution in [3.63, 3.8) is 0 Å². The van der Waals surface area contributed by atoms with Crippen molar-refractivity contribution >= 4 is 5.91 Å². The Morgan fingerprint density at radius 2 is 1.02 bits per heavy atom. The average Bonchev–Trinajstić information content (AvgIpc) is 3.26. The second-order valence-electron chi connectivity index (χ2n) is 17.5. The van der Waals surface area contributed by atoms with Crippen molar-refractivity contribution < 1.29 is 50.0 Å². The number of aliphatic hydroxyl groups is 7. The molecule has 11 heteroatoms. The Balaban J connectivity index is 2.35. The third-order valence-electron chi connectivity index (χ3n) is 11.9. The summed E-state index contributed by atoms with van der Waals surface area (Å²) in [6, 6.07) is -1.19. The Labute approximate surface area is 371 Å². The minimum Gasteiger partial charge on any atom is -0.394 e. The highest BCUT2D eigenvalue weighted by atomic mass is 16.7. The predicted molar refractivity (Wildman–Crippen MR) is 247 cm³/mol. The number of carbonyl (C=O) groups excluding carboxylic acids is 1. The lowest BCUT2D eigenvalue weighted by Crippen LogP contribution is -2.60. The molecule has 0 aromatic rings. The Bertz CT molecular complexity index is 1090. The number of carbonyl (C=O) groups is 1. The Hall–Kier alpha value is -1.67. The molecule has 0 radical (unpaired) electrons. The highest BCUT2D eigenvalue weighted by Gasteiger charge is 2.44. The smallest absolute Gasteiger partial charge is 0.249 e. The van der Waals surface area contributed by atoms with Crippen LogP contribution in [0.1, 0.15) is 206 Å². The topological polar surface area (TPSA) is 189 Å². The van der Waals surface area contributed by atoms with Gasteiger partial charge in [0.1, 0.15) is 36.6 Å². The maximum atomic E-state index is 13.1. The Morgan fingerprint density at radius 1 is 0.574 bits per heavy atom. The van der Waals surface area contributed by atoms with Gasteiger partial charge in [0.2, 0.25) is 5.91 Å². The maximum Gasteiger partial charge on any atom is 0.249 e. The number of amides is 1. The molecule has 1 amide bonds. The van der Waals surface area contributed by atoms with Crippen LogP contribution >= 0.6 is 0 Å². The SMILES string of the molecule is CCCCCCC/C=C/CCCC(O)C(O)C(COC1OC(CO)C(O)C(O)C1O)NC(=O)C(O)CCCCCCCCCC/C=C\C/C=C\CCCCCCCCCCC. The molecule has 0 saturated carbocycles. The molecule has 1 saturated heterocycles. The summed E-state index contributed by atoms with van der Waals surface area (Å²) in [6.45, 7) is 3.39. The van der Waals surface area contributed by atoms with E-state index < -0.39 is 74.2 Å². The van der Waals surface area contributed by atoms with Gasteiger partial charge < -0.3 is 50.5 Å². The fourth-order valence-corrected chi connectivity index (χ4v) is 7.76. The average molecular weight is 868 g/mol. The van der Waals surface area contributed by atoms with E-state index in [-0.39, 0.29) is 12.8 Å². The van der Waals surface area contributed by atoms with Crippen molar-refractivity contribution in [3.05, 3.63) is 36.5 Å². The molecule has 9 unspecified atom stereocenters. The fourth-order valence-electron chi connectivity index (χ4n) is 7.76. The van der Waals surface area contributed by atoms with Crippen LogP contribution in [0.4, 0.5) is 0 Å². The number of ether oxygens (including phenoxy) is 2. The van der Waals surface area contributed by atoms with Crippen molar-refractivity contribution in [3.8, 4) is 0 Å². The van der Waals surface area contributed by atoms with Crippen LogP contribution in [0.25, 0.3) is 0 Å². The van der Waals surface area contributed by atoms with Gasteiger partial charge in [-0.15, -0.1) is 0 Å². The molecule has 0 spiro atoms. The quantitative estimate of drug-likeness (QED) is 0.0218. The van der Waals surface area contributed by atoms with Crippen LogP contribution in [0, 0.1) is 0 Å². The van der Waals surface area contributed by atoms with Gasteiger partial charge in [0, 0.05) is 0 Å². The van der Waals surface area contributed by atoms with Crippen LogP contribution < -0.4 is 5.32 Å². The molecule has 0 aromatic carbocycles. The minimum absolute atomic E-state index is 0.247. The van der Waals surface area contributed by atoms with Gasteiger partial charge >= 0.3 is 0 Å². The van der Waals surface area contributed by atoms with Crippen molar-refractivity contribution in [2.75, 3.05) is 13.2 Å². The van der Waals surface area contributed by atoms with Crippen LogP contribution in [0.5, 0.6) is 0 Å². The lowest BCUT2D eigenvalue weighted by atomic mass is 9.98. The number of allylic oxidation sites excluding steroid dienone is 6. The molecule has 0 aliphatic carbocycles. The zero-order chi connectivity index (χ0) is 44.8. The van der Waals surface area contributed by atoms with Gasteiger partial charge in [0.25, 0.3) is 0 Å². The Morgan fingerprint density at radius 3 is 1.51 bits per heavy atom. The zero-order valence-corrected chi connectivity index (χ0v) is 38.6. The third-order valence-corrected chi connectivity index (χ3v) is 11.9. The van der Waals surface area contributed by atoms with Crippen molar-refractivity contribution in [2.24, 2.45) is 0 Å². The summed E-state index contributed by atoms with van der Waals surface area (Å²) in [5, 5.41) is 75.6. The second kappa shape index (κ2) is 39.9. The summed E-state index contributed by atoms with van der Waals surface area (Å²) in [5.74, 6) is -0.713.